The first-order valence-corrected chi connectivity index (χ1v) is 11.5. The molecule has 1 heterocycles. The van der Waals surface area contributed by atoms with Gasteiger partial charge in [-0.3, -0.25) is 0 Å². The number of ether oxygens (including phenoxy) is 3. The molecule has 1 saturated carbocycles. The first kappa shape index (κ1) is 23.0. The lowest BCUT2D eigenvalue weighted by Gasteiger charge is -2.24. The minimum atomic E-state index is -0.398. The number of nitrogens with zero attached hydrogens (tertiary/aromatic N) is 1. The number of carbonyl (C=O) groups is 1. The van der Waals surface area contributed by atoms with Crippen LogP contribution in [0.2, 0.25) is 0 Å². The third-order valence-corrected chi connectivity index (χ3v) is 6.17. The van der Waals surface area contributed by atoms with Gasteiger partial charge in [0.2, 0.25) is 0 Å². The normalized spacial score (nSPS) is 14.3. The molecule has 6 nitrogen and oxygen atoms in total. The van der Waals surface area contributed by atoms with Gasteiger partial charge in [0.1, 0.15) is 0 Å². The molecule has 1 N–H and O–H groups in total. The Morgan fingerprint density at radius 3 is 2.48 bits per heavy atom. The van der Waals surface area contributed by atoms with Crippen molar-refractivity contribution in [1.82, 2.24) is 9.88 Å². The number of methoxy groups -OCH3 is 2. The number of carbonyl (C=O) groups excluding carboxylic acids is 1. The maximum Gasteiger partial charge on any atom is 0.412 e. The van der Waals surface area contributed by atoms with Gasteiger partial charge in [-0.05, 0) is 50.3 Å². The van der Waals surface area contributed by atoms with Gasteiger partial charge in [0.15, 0.2) is 17.2 Å². The summed E-state index contributed by atoms with van der Waals surface area (Å²) in [7, 11) is 3.28. The van der Waals surface area contributed by atoms with Gasteiger partial charge in [-0.25, -0.2) is 4.79 Å². The second-order valence-electron chi connectivity index (χ2n) is 8.33. The van der Waals surface area contributed by atoms with Gasteiger partial charge in [-0.1, -0.05) is 32.6 Å². The second kappa shape index (κ2) is 11.1. The van der Waals surface area contributed by atoms with Gasteiger partial charge >= 0.3 is 6.09 Å². The number of aromatic nitrogens is 1. The van der Waals surface area contributed by atoms with E-state index in [9.17, 15) is 4.79 Å². The lowest BCUT2D eigenvalue weighted by molar-refractivity contribution is 0.200. The molecule has 0 spiro atoms. The fourth-order valence-corrected chi connectivity index (χ4v) is 4.32. The van der Waals surface area contributed by atoms with Crippen molar-refractivity contribution in [2.45, 2.75) is 65.3 Å². The van der Waals surface area contributed by atoms with E-state index in [0.717, 1.165) is 36.3 Å². The zero-order valence-corrected chi connectivity index (χ0v) is 19.3. The Bertz CT molecular complexity index is 869. The first-order valence-electron chi connectivity index (χ1n) is 11.5. The van der Waals surface area contributed by atoms with E-state index in [1.54, 1.807) is 14.2 Å². The highest BCUT2D eigenvalue weighted by Gasteiger charge is 2.22. The molecule has 0 aliphatic heterocycles. The van der Waals surface area contributed by atoms with Gasteiger partial charge in [0, 0.05) is 24.7 Å². The van der Waals surface area contributed by atoms with E-state index in [4.69, 9.17) is 14.2 Å². The molecule has 1 fully saturated rings. The monoisotopic (exact) mass is 428 g/mol. The van der Waals surface area contributed by atoms with Gasteiger partial charge in [0.05, 0.1) is 25.6 Å². The Labute approximate surface area is 185 Å². The number of hydrogen-bond acceptors (Lipinski definition) is 4. The second-order valence-corrected chi connectivity index (χ2v) is 8.33. The minimum absolute atomic E-state index is 0.398. The molecule has 1 aromatic heterocycles. The van der Waals surface area contributed by atoms with Crippen LogP contribution in [0.3, 0.4) is 0 Å². The van der Waals surface area contributed by atoms with Crippen LogP contribution in [0.1, 0.15) is 57.6 Å². The van der Waals surface area contributed by atoms with Gasteiger partial charge in [0.25, 0.3) is 0 Å². The zero-order chi connectivity index (χ0) is 22.2. The van der Waals surface area contributed by atoms with Crippen LogP contribution in [-0.4, -0.2) is 31.4 Å². The quantitative estimate of drug-likeness (QED) is 0.501. The van der Waals surface area contributed by atoms with Crippen molar-refractivity contribution in [2.75, 3.05) is 20.8 Å². The molecule has 1 aliphatic rings. The Morgan fingerprint density at radius 2 is 1.81 bits per heavy atom. The molecule has 0 radical (unpaired) electrons. The highest BCUT2D eigenvalue weighted by Crippen LogP contribution is 2.37. The fourth-order valence-electron chi connectivity index (χ4n) is 4.32. The van der Waals surface area contributed by atoms with E-state index >= 15 is 0 Å². The Kier molecular flexibility index (Phi) is 8.27. The SMILES string of the molecule is CCCCNC(=O)Oc1cc(-c2ccc(OC)c(OC)c2)n(CC2CCCCC2)c1C. The van der Waals surface area contributed by atoms with Crippen LogP contribution in [0.25, 0.3) is 11.3 Å². The number of rotatable bonds is 9. The summed E-state index contributed by atoms with van der Waals surface area (Å²) in [6.45, 7) is 5.68. The van der Waals surface area contributed by atoms with Crippen LogP contribution in [-0.2, 0) is 6.54 Å². The maximum absolute atomic E-state index is 12.3. The van der Waals surface area contributed by atoms with Gasteiger partial charge in [-0.15, -0.1) is 0 Å². The van der Waals surface area contributed by atoms with Crippen LogP contribution >= 0.6 is 0 Å². The summed E-state index contributed by atoms with van der Waals surface area (Å²) in [5.74, 6) is 2.63. The summed E-state index contributed by atoms with van der Waals surface area (Å²) >= 11 is 0. The van der Waals surface area contributed by atoms with E-state index in [0.29, 0.717) is 29.7 Å². The number of unbranched alkanes of at least 4 members (excludes halogenated alkanes) is 1. The van der Waals surface area contributed by atoms with Crippen molar-refractivity contribution < 1.29 is 19.0 Å². The third kappa shape index (κ3) is 5.75. The van der Waals surface area contributed by atoms with Crippen molar-refractivity contribution >= 4 is 6.09 Å². The summed E-state index contributed by atoms with van der Waals surface area (Å²) in [4.78, 5) is 12.3. The van der Waals surface area contributed by atoms with Crippen molar-refractivity contribution in [3.05, 3.63) is 30.0 Å². The molecule has 0 saturated heterocycles. The highest BCUT2D eigenvalue weighted by molar-refractivity contribution is 5.73. The Hall–Kier alpha value is -2.63. The molecule has 0 unspecified atom stereocenters. The predicted molar refractivity (Wildman–Crippen MR) is 123 cm³/mol. The van der Waals surface area contributed by atoms with Crippen LogP contribution < -0.4 is 19.5 Å². The van der Waals surface area contributed by atoms with E-state index < -0.39 is 6.09 Å². The first-order chi connectivity index (χ1) is 15.1. The van der Waals surface area contributed by atoms with Gasteiger partial charge < -0.3 is 24.1 Å². The number of hydrogen-bond donors (Lipinski definition) is 1. The number of benzene rings is 1. The van der Waals surface area contributed by atoms with Gasteiger partial charge in [-0.2, -0.15) is 0 Å². The Balaban J connectivity index is 1.92. The zero-order valence-electron chi connectivity index (χ0n) is 19.3. The van der Waals surface area contributed by atoms with Crippen molar-refractivity contribution in [3.8, 4) is 28.5 Å². The van der Waals surface area contributed by atoms with E-state index in [1.807, 2.05) is 31.2 Å². The van der Waals surface area contributed by atoms with Crippen LogP contribution in [0.15, 0.2) is 24.3 Å². The van der Waals surface area contributed by atoms with Crippen molar-refractivity contribution in [2.24, 2.45) is 5.92 Å². The largest absolute Gasteiger partial charge is 0.493 e. The molecule has 0 atom stereocenters. The smallest absolute Gasteiger partial charge is 0.412 e. The van der Waals surface area contributed by atoms with Crippen molar-refractivity contribution in [3.63, 3.8) is 0 Å². The van der Waals surface area contributed by atoms with E-state index in [1.165, 1.54) is 32.1 Å². The van der Waals surface area contributed by atoms with Crippen molar-refractivity contribution in [1.29, 1.82) is 0 Å². The molecular formula is C25H36N2O4. The molecule has 1 aliphatic carbocycles. The Morgan fingerprint density at radius 1 is 1.06 bits per heavy atom. The maximum atomic E-state index is 12.3. The molecule has 6 heteroatoms. The van der Waals surface area contributed by atoms with Crippen LogP contribution in [0, 0.1) is 12.8 Å². The molecule has 170 valence electrons. The molecule has 3 rings (SSSR count). The molecule has 1 amide bonds. The summed E-state index contributed by atoms with van der Waals surface area (Å²) in [6.07, 6.45) is 7.97. The molecule has 31 heavy (non-hydrogen) atoms. The molecule has 2 aromatic rings. The third-order valence-electron chi connectivity index (χ3n) is 6.17. The predicted octanol–water partition coefficient (Wildman–Crippen LogP) is 5.95. The number of amides is 1. The number of nitrogens with one attached hydrogen (secondary N) is 1. The standard InChI is InChI=1S/C25H36N2O4/c1-5-6-14-26-25(28)31-23-16-21(20-12-13-22(29-3)24(15-20)30-4)27(18(23)2)17-19-10-8-7-9-11-19/h12-13,15-16,19H,5-11,14,17H2,1-4H3,(H,26,28). The molecule has 1 aromatic carbocycles. The summed E-state index contributed by atoms with van der Waals surface area (Å²) in [5.41, 5.74) is 3.01. The summed E-state index contributed by atoms with van der Waals surface area (Å²) in [5, 5.41) is 2.84. The average molecular weight is 429 g/mol. The molecule has 0 bridgehead atoms. The van der Waals surface area contributed by atoms with E-state index in [2.05, 4.69) is 16.8 Å². The average Bonchev–Trinajstić information content (AvgIpc) is 3.09. The topological polar surface area (TPSA) is 61.7 Å². The molecular weight excluding hydrogens is 392 g/mol. The van der Waals surface area contributed by atoms with Crippen LogP contribution in [0.4, 0.5) is 4.79 Å². The fraction of sp³-hybridized carbons (Fsp3) is 0.560. The van der Waals surface area contributed by atoms with Crippen LogP contribution in [0.5, 0.6) is 17.2 Å². The highest BCUT2D eigenvalue weighted by atomic mass is 16.6. The summed E-state index contributed by atoms with van der Waals surface area (Å²) < 4.78 is 18.9. The van der Waals surface area contributed by atoms with E-state index in [-0.39, 0.29) is 0 Å². The lowest BCUT2D eigenvalue weighted by Crippen LogP contribution is -2.27. The minimum Gasteiger partial charge on any atom is -0.493 e. The summed E-state index contributed by atoms with van der Waals surface area (Å²) in [6, 6.07) is 7.90. The lowest BCUT2D eigenvalue weighted by atomic mass is 9.89.